The fraction of sp³-hybridized carbons (Fsp3) is 0.417. The van der Waals surface area contributed by atoms with Crippen LogP contribution in [0.1, 0.15) is 12.5 Å². The maximum absolute atomic E-state index is 11.4. The number of carbonyl (C=O) groups excluding carboxylic acids is 1. The van der Waals surface area contributed by atoms with Gasteiger partial charge in [0.2, 0.25) is 0 Å². The lowest BCUT2D eigenvalue weighted by Crippen LogP contribution is -2.13. The summed E-state index contributed by atoms with van der Waals surface area (Å²) in [6.45, 7) is 3.25. The molecule has 0 saturated carbocycles. The van der Waals surface area contributed by atoms with Gasteiger partial charge in [0.1, 0.15) is 6.61 Å². The molecule has 1 aromatic carbocycles. The number of nitrogens with two attached hydrogens (primary N) is 1. The molecule has 16 heavy (non-hydrogen) atoms. The van der Waals surface area contributed by atoms with Gasteiger partial charge in [0.15, 0.2) is 0 Å². The van der Waals surface area contributed by atoms with E-state index >= 15 is 0 Å². The average molecular weight is 223 g/mol. The molecule has 0 aliphatic carbocycles. The molecule has 0 fully saturated rings. The smallest absolute Gasteiger partial charge is 0.310 e. The summed E-state index contributed by atoms with van der Waals surface area (Å²) < 4.78 is 10.0. The number of esters is 1. The molecule has 0 saturated heterocycles. The van der Waals surface area contributed by atoms with Gasteiger partial charge in [-0.25, -0.2) is 0 Å². The number of benzene rings is 1. The summed E-state index contributed by atoms with van der Waals surface area (Å²) in [5.41, 5.74) is 7.12. The second-order valence-electron chi connectivity index (χ2n) is 3.29. The standard InChI is InChI=1S/C12H17NO3/c1-2-15-7-8-16-12(14)9-10-5-3-4-6-11(10)13/h3-6H,2,7-9,13H2,1H3. The Morgan fingerprint density at radius 2 is 2.06 bits per heavy atom. The molecular weight excluding hydrogens is 206 g/mol. The maximum atomic E-state index is 11.4. The first-order chi connectivity index (χ1) is 7.74. The van der Waals surface area contributed by atoms with Crippen LogP contribution in [0.25, 0.3) is 0 Å². The van der Waals surface area contributed by atoms with Gasteiger partial charge in [-0.15, -0.1) is 0 Å². The highest BCUT2D eigenvalue weighted by molar-refractivity contribution is 5.74. The van der Waals surface area contributed by atoms with E-state index < -0.39 is 0 Å². The van der Waals surface area contributed by atoms with Crippen molar-refractivity contribution in [1.29, 1.82) is 0 Å². The second-order valence-corrected chi connectivity index (χ2v) is 3.29. The van der Waals surface area contributed by atoms with Crippen LogP contribution in [-0.2, 0) is 20.7 Å². The molecule has 1 aromatic rings. The highest BCUT2D eigenvalue weighted by Gasteiger charge is 2.06. The SMILES string of the molecule is CCOCCOC(=O)Cc1ccccc1N. The average Bonchev–Trinajstić information content (AvgIpc) is 2.28. The van der Waals surface area contributed by atoms with Crippen LogP contribution < -0.4 is 5.73 Å². The minimum Gasteiger partial charge on any atom is -0.463 e. The third-order valence-electron chi connectivity index (χ3n) is 2.08. The summed E-state index contributed by atoms with van der Waals surface area (Å²) in [5, 5.41) is 0. The van der Waals surface area contributed by atoms with E-state index in [4.69, 9.17) is 15.2 Å². The van der Waals surface area contributed by atoms with Gasteiger partial charge in [-0.3, -0.25) is 4.79 Å². The van der Waals surface area contributed by atoms with Gasteiger partial charge in [-0.1, -0.05) is 18.2 Å². The van der Waals surface area contributed by atoms with Crippen molar-refractivity contribution in [3.63, 3.8) is 0 Å². The van der Waals surface area contributed by atoms with E-state index in [1.54, 1.807) is 6.07 Å². The van der Waals surface area contributed by atoms with E-state index in [1.165, 1.54) is 0 Å². The number of para-hydroxylation sites is 1. The van der Waals surface area contributed by atoms with Crippen molar-refractivity contribution >= 4 is 11.7 Å². The summed E-state index contributed by atoms with van der Waals surface area (Å²) in [7, 11) is 0. The summed E-state index contributed by atoms with van der Waals surface area (Å²) in [5.74, 6) is -0.280. The number of carbonyl (C=O) groups is 1. The molecule has 0 unspecified atom stereocenters. The number of hydrogen-bond donors (Lipinski definition) is 1. The van der Waals surface area contributed by atoms with Gasteiger partial charge in [0.25, 0.3) is 0 Å². The zero-order chi connectivity index (χ0) is 11.8. The molecular formula is C12H17NO3. The molecule has 0 radical (unpaired) electrons. The van der Waals surface area contributed by atoms with Crippen molar-refractivity contribution in [1.82, 2.24) is 0 Å². The molecule has 4 heteroatoms. The van der Waals surface area contributed by atoms with E-state index in [2.05, 4.69) is 0 Å². The number of hydrogen-bond acceptors (Lipinski definition) is 4. The van der Waals surface area contributed by atoms with Crippen molar-refractivity contribution in [3.8, 4) is 0 Å². The summed E-state index contributed by atoms with van der Waals surface area (Å²) in [4.78, 5) is 11.4. The van der Waals surface area contributed by atoms with E-state index in [0.717, 1.165) is 5.56 Å². The molecule has 4 nitrogen and oxygen atoms in total. The molecule has 1 rings (SSSR count). The fourth-order valence-corrected chi connectivity index (χ4v) is 1.26. The Morgan fingerprint density at radius 3 is 2.75 bits per heavy atom. The van der Waals surface area contributed by atoms with Crippen LogP contribution in [0.2, 0.25) is 0 Å². The lowest BCUT2D eigenvalue weighted by Gasteiger charge is -2.06. The largest absolute Gasteiger partial charge is 0.463 e. The van der Waals surface area contributed by atoms with Crippen LogP contribution in [-0.4, -0.2) is 25.8 Å². The van der Waals surface area contributed by atoms with Gasteiger partial charge in [-0.2, -0.15) is 0 Å². The Kier molecular flexibility index (Phi) is 5.36. The van der Waals surface area contributed by atoms with Crippen LogP contribution >= 0.6 is 0 Å². The van der Waals surface area contributed by atoms with E-state index in [9.17, 15) is 4.79 Å². The van der Waals surface area contributed by atoms with E-state index in [-0.39, 0.29) is 12.4 Å². The highest BCUT2D eigenvalue weighted by atomic mass is 16.6. The number of nitrogen functional groups attached to an aromatic ring is 1. The van der Waals surface area contributed by atoms with Crippen LogP contribution in [0.15, 0.2) is 24.3 Å². The Labute approximate surface area is 95.3 Å². The summed E-state index contributed by atoms with van der Waals surface area (Å²) >= 11 is 0. The molecule has 0 aliphatic heterocycles. The first-order valence-electron chi connectivity index (χ1n) is 5.30. The molecule has 2 N–H and O–H groups in total. The molecule has 0 aromatic heterocycles. The predicted molar refractivity (Wildman–Crippen MR) is 62.0 cm³/mol. The number of rotatable bonds is 6. The number of ether oxygens (including phenoxy) is 2. The highest BCUT2D eigenvalue weighted by Crippen LogP contribution is 2.11. The molecule has 0 heterocycles. The van der Waals surface area contributed by atoms with Crippen LogP contribution in [0, 0.1) is 0 Å². The van der Waals surface area contributed by atoms with E-state index in [1.807, 2.05) is 25.1 Å². The third-order valence-corrected chi connectivity index (χ3v) is 2.08. The molecule has 0 spiro atoms. The molecule has 0 aliphatic rings. The van der Waals surface area contributed by atoms with Crippen molar-refractivity contribution in [2.45, 2.75) is 13.3 Å². The first-order valence-corrected chi connectivity index (χ1v) is 5.30. The molecule has 0 atom stereocenters. The minimum atomic E-state index is -0.280. The Hall–Kier alpha value is -1.55. The molecule has 88 valence electrons. The zero-order valence-corrected chi connectivity index (χ0v) is 9.44. The number of anilines is 1. The van der Waals surface area contributed by atoms with Crippen molar-refractivity contribution in [3.05, 3.63) is 29.8 Å². The van der Waals surface area contributed by atoms with Gasteiger partial charge < -0.3 is 15.2 Å². The molecule has 0 amide bonds. The van der Waals surface area contributed by atoms with Gasteiger partial charge >= 0.3 is 5.97 Å². The van der Waals surface area contributed by atoms with Gasteiger partial charge in [0, 0.05) is 12.3 Å². The molecule has 0 bridgehead atoms. The second kappa shape index (κ2) is 6.85. The van der Waals surface area contributed by atoms with Crippen molar-refractivity contribution in [2.75, 3.05) is 25.6 Å². The van der Waals surface area contributed by atoms with E-state index in [0.29, 0.717) is 25.5 Å². The van der Waals surface area contributed by atoms with Crippen LogP contribution in [0.3, 0.4) is 0 Å². The van der Waals surface area contributed by atoms with Gasteiger partial charge in [-0.05, 0) is 18.6 Å². The van der Waals surface area contributed by atoms with Crippen LogP contribution in [0.5, 0.6) is 0 Å². The third kappa shape index (κ3) is 4.31. The van der Waals surface area contributed by atoms with Crippen LogP contribution in [0.4, 0.5) is 5.69 Å². The lowest BCUT2D eigenvalue weighted by molar-refractivity contribution is -0.144. The lowest BCUT2D eigenvalue weighted by atomic mass is 10.1. The summed E-state index contributed by atoms with van der Waals surface area (Å²) in [6, 6.07) is 7.26. The Morgan fingerprint density at radius 1 is 1.31 bits per heavy atom. The fourth-order valence-electron chi connectivity index (χ4n) is 1.26. The maximum Gasteiger partial charge on any atom is 0.310 e. The normalized spacial score (nSPS) is 10.1. The monoisotopic (exact) mass is 223 g/mol. The van der Waals surface area contributed by atoms with Gasteiger partial charge in [0.05, 0.1) is 13.0 Å². The topological polar surface area (TPSA) is 61.5 Å². The minimum absolute atomic E-state index is 0.207. The Balaban J connectivity index is 2.32. The summed E-state index contributed by atoms with van der Waals surface area (Å²) in [6.07, 6.45) is 0.207. The Bertz CT molecular complexity index is 339. The van der Waals surface area contributed by atoms with Crippen molar-refractivity contribution < 1.29 is 14.3 Å². The predicted octanol–water partition coefficient (Wildman–Crippen LogP) is 1.39. The quantitative estimate of drug-likeness (QED) is 0.450. The zero-order valence-electron chi connectivity index (χ0n) is 9.44. The van der Waals surface area contributed by atoms with Crippen molar-refractivity contribution in [2.24, 2.45) is 0 Å². The first kappa shape index (κ1) is 12.5.